The summed E-state index contributed by atoms with van der Waals surface area (Å²) >= 11 is 6.17. The fourth-order valence-electron chi connectivity index (χ4n) is 2.99. The van der Waals surface area contributed by atoms with Gasteiger partial charge in [0.15, 0.2) is 11.6 Å². The van der Waals surface area contributed by atoms with Gasteiger partial charge in [0.1, 0.15) is 5.75 Å². The minimum Gasteiger partial charge on any atom is -0.453 e. The van der Waals surface area contributed by atoms with Crippen molar-refractivity contribution in [2.45, 2.75) is 45.7 Å². The molecule has 0 spiro atoms. The lowest BCUT2D eigenvalue weighted by Gasteiger charge is -2.23. The molecule has 0 aliphatic carbocycles. The molecule has 3 N–H and O–H groups in total. The van der Waals surface area contributed by atoms with Crippen molar-refractivity contribution in [3.63, 3.8) is 0 Å². The van der Waals surface area contributed by atoms with E-state index in [1.165, 1.54) is 0 Å². The number of benzene rings is 2. The van der Waals surface area contributed by atoms with Crippen LogP contribution in [-0.4, -0.2) is 11.9 Å². The fraction of sp³-hybridized carbons (Fsp3) is 0.333. The van der Waals surface area contributed by atoms with Gasteiger partial charge in [0.05, 0.1) is 16.7 Å². The van der Waals surface area contributed by atoms with Crippen molar-refractivity contribution in [1.29, 1.82) is 5.26 Å². The Hall–Kier alpha value is -2.62. The first-order valence-electron chi connectivity index (χ1n) is 8.97. The standard InChI is InChI=1S/C21H23ClFN3O2/c1-4-18(26-13(3)10-19(25)27)16-7-8-17(22)21(20(16)23)28-15-6-5-14(11-24)12(2)9-15/h5-9,13,18,26H,4,10H2,1-3H3,(H2,25,27)/t13-,18+/m0/s1. The molecule has 0 heterocycles. The van der Waals surface area contributed by atoms with Gasteiger partial charge in [0.2, 0.25) is 5.91 Å². The molecule has 0 aliphatic rings. The Morgan fingerprint density at radius 1 is 1.39 bits per heavy atom. The first-order chi connectivity index (χ1) is 13.3. The molecule has 0 fully saturated rings. The maximum Gasteiger partial charge on any atom is 0.218 e. The molecule has 7 heteroatoms. The zero-order valence-electron chi connectivity index (χ0n) is 16.1. The first kappa shape index (κ1) is 21.7. The molecule has 0 saturated carbocycles. The maximum absolute atomic E-state index is 15.2. The Bertz CT molecular complexity index is 911. The molecule has 0 aromatic heterocycles. The van der Waals surface area contributed by atoms with E-state index in [-0.39, 0.29) is 29.3 Å². The number of nitrogens with zero attached hydrogens (tertiary/aromatic N) is 1. The van der Waals surface area contributed by atoms with Gasteiger partial charge < -0.3 is 15.8 Å². The number of primary amides is 1. The van der Waals surface area contributed by atoms with Crippen LogP contribution in [0.3, 0.4) is 0 Å². The number of hydrogen-bond donors (Lipinski definition) is 2. The van der Waals surface area contributed by atoms with E-state index in [0.29, 0.717) is 23.3 Å². The molecule has 2 aromatic carbocycles. The van der Waals surface area contributed by atoms with E-state index in [1.807, 2.05) is 13.8 Å². The van der Waals surface area contributed by atoms with E-state index in [4.69, 9.17) is 27.3 Å². The minimum atomic E-state index is -0.569. The van der Waals surface area contributed by atoms with Gasteiger partial charge in [-0.1, -0.05) is 24.6 Å². The van der Waals surface area contributed by atoms with Crippen LogP contribution < -0.4 is 15.8 Å². The van der Waals surface area contributed by atoms with E-state index in [0.717, 1.165) is 5.56 Å². The molecule has 2 rings (SSSR count). The number of aryl methyl sites for hydroxylation is 1. The van der Waals surface area contributed by atoms with Crippen LogP contribution in [0.4, 0.5) is 4.39 Å². The zero-order chi connectivity index (χ0) is 20.8. The van der Waals surface area contributed by atoms with Crippen molar-refractivity contribution in [2.75, 3.05) is 0 Å². The highest BCUT2D eigenvalue weighted by atomic mass is 35.5. The van der Waals surface area contributed by atoms with E-state index < -0.39 is 11.7 Å². The Balaban J connectivity index is 2.33. The summed E-state index contributed by atoms with van der Waals surface area (Å²) < 4.78 is 20.9. The summed E-state index contributed by atoms with van der Waals surface area (Å²) in [6.07, 6.45) is 0.747. The normalized spacial score (nSPS) is 12.9. The van der Waals surface area contributed by atoms with E-state index in [9.17, 15) is 4.79 Å². The summed E-state index contributed by atoms with van der Waals surface area (Å²) in [7, 11) is 0. The number of ether oxygens (including phenoxy) is 1. The smallest absolute Gasteiger partial charge is 0.218 e. The highest BCUT2D eigenvalue weighted by Crippen LogP contribution is 2.37. The van der Waals surface area contributed by atoms with E-state index >= 15 is 4.39 Å². The number of halogens is 2. The third-order valence-electron chi connectivity index (χ3n) is 4.39. The summed E-state index contributed by atoms with van der Waals surface area (Å²) in [5.74, 6) is -0.685. The SMILES string of the molecule is CC[C@@H](N[C@@H](C)CC(N)=O)c1ccc(Cl)c(Oc2ccc(C#N)c(C)c2)c1F. The van der Waals surface area contributed by atoms with Crippen LogP contribution in [0.1, 0.15) is 49.4 Å². The number of nitrogens with one attached hydrogen (secondary N) is 1. The number of nitriles is 1. The molecule has 0 unspecified atom stereocenters. The van der Waals surface area contributed by atoms with Crippen molar-refractivity contribution < 1.29 is 13.9 Å². The summed E-state index contributed by atoms with van der Waals surface area (Å²) in [6.45, 7) is 5.50. The lowest BCUT2D eigenvalue weighted by molar-refractivity contribution is -0.118. The van der Waals surface area contributed by atoms with Crippen molar-refractivity contribution in [3.8, 4) is 17.6 Å². The van der Waals surface area contributed by atoms with Gasteiger partial charge in [0, 0.05) is 24.1 Å². The van der Waals surface area contributed by atoms with Gasteiger partial charge in [0.25, 0.3) is 0 Å². The largest absolute Gasteiger partial charge is 0.453 e. The molecule has 2 aromatic rings. The molecule has 28 heavy (non-hydrogen) atoms. The van der Waals surface area contributed by atoms with Gasteiger partial charge in [-0.15, -0.1) is 0 Å². The first-order valence-corrected chi connectivity index (χ1v) is 9.35. The van der Waals surface area contributed by atoms with Crippen LogP contribution in [0.2, 0.25) is 5.02 Å². The van der Waals surface area contributed by atoms with Crippen LogP contribution in [0.5, 0.6) is 11.5 Å². The average molecular weight is 404 g/mol. The van der Waals surface area contributed by atoms with Crippen molar-refractivity contribution in [1.82, 2.24) is 5.32 Å². The van der Waals surface area contributed by atoms with E-state index in [1.54, 1.807) is 37.3 Å². The molecule has 2 atom stereocenters. The number of rotatable bonds is 8. The third-order valence-corrected chi connectivity index (χ3v) is 4.69. The maximum atomic E-state index is 15.2. The second-order valence-corrected chi connectivity index (χ2v) is 7.08. The highest BCUT2D eigenvalue weighted by molar-refractivity contribution is 6.32. The van der Waals surface area contributed by atoms with E-state index in [2.05, 4.69) is 11.4 Å². The average Bonchev–Trinajstić information content (AvgIpc) is 2.63. The molecule has 1 amide bonds. The monoisotopic (exact) mass is 403 g/mol. The van der Waals surface area contributed by atoms with Crippen LogP contribution >= 0.6 is 11.6 Å². The summed E-state index contributed by atoms with van der Waals surface area (Å²) in [4.78, 5) is 11.1. The number of carbonyl (C=O) groups is 1. The second kappa shape index (κ2) is 9.54. The van der Waals surface area contributed by atoms with Gasteiger partial charge in [-0.25, -0.2) is 4.39 Å². The van der Waals surface area contributed by atoms with Crippen LogP contribution in [-0.2, 0) is 4.79 Å². The van der Waals surface area contributed by atoms with Crippen molar-refractivity contribution >= 4 is 17.5 Å². The molecule has 0 aliphatic heterocycles. The molecule has 5 nitrogen and oxygen atoms in total. The highest BCUT2D eigenvalue weighted by Gasteiger charge is 2.22. The predicted octanol–water partition coefficient (Wildman–Crippen LogP) is 4.76. The molecule has 0 radical (unpaired) electrons. The van der Waals surface area contributed by atoms with Gasteiger partial charge in [-0.3, -0.25) is 4.79 Å². The molecular formula is C21H23ClFN3O2. The second-order valence-electron chi connectivity index (χ2n) is 6.67. The number of carbonyl (C=O) groups excluding carboxylic acids is 1. The van der Waals surface area contributed by atoms with Gasteiger partial charge in [-0.2, -0.15) is 5.26 Å². The third kappa shape index (κ3) is 5.22. The lowest BCUT2D eigenvalue weighted by atomic mass is 10.0. The van der Waals surface area contributed by atoms with Crippen LogP contribution in [0.25, 0.3) is 0 Å². The lowest BCUT2D eigenvalue weighted by Crippen LogP contribution is -2.34. The fourth-order valence-corrected chi connectivity index (χ4v) is 3.17. The number of amides is 1. The van der Waals surface area contributed by atoms with Crippen LogP contribution in [0, 0.1) is 24.1 Å². The molecule has 148 valence electrons. The Labute approximate surface area is 169 Å². The number of nitrogens with two attached hydrogens (primary N) is 1. The zero-order valence-corrected chi connectivity index (χ0v) is 16.8. The Morgan fingerprint density at radius 3 is 2.68 bits per heavy atom. The topological polar surface area (TPSA) is 88.1 Å². The quantitative estimate of drug-likeness (QED) is 0.665. The minimum absolute atomic E-state index is 0.0777. The van der Waals surface area contributed by atoms with Crippen molar-refractivity contribution in [2.24, 2.45) is 5.73 Å². The summed E-state index contributed by atoms with van der Waals surface area (Å²) in [5.41, 5.74) is 6.87. The molecule has 0 bridgehead atoms. The van der Waals surface area contributed by atoms with Crippen LogP contribution in [0.15, 0.2) is 30.3 Å². The van der Waals surface area contributed by atoms with Gasteiger partial charge in [-0.05, 0) is 50.1 Å². The molecule has 0 saturated heterocycles. The van der Waals surface area contributed by atoms with Gasteiger partial charge >= 0.3 is 0 Å². The number of hydrogen-bond acceptors (Lipinski definition) is 4. The predicted molar refractivity (Wildman–Crippen MR) is 107 cm³/mol. The summed E-state index contributed by atoms with van der Waals surface area (Å²) in [5, 5.41) is 12.4. The Morgan fingerprint density at radius 2 is 2.11 bits per heavy atom. The summed E-state index contributed by atoms with van der Waals surface area (Å²) in [6, 6.07) is 9.58. The van der Waals surface area contributed by atoms with Crippen molar-refractivity contribution in [3.05, 3.63) is 57.9 Å². The Kier molecular flexibility index (Phi) is 7.38. The molecular weight excluding hydrogens is 381 g/mol.